The summed E-state index contributed by atoms with van der Waals surface area (Å²) in [6.07, 6.45) is 3.89. The molecular formula is C14H20N2O3S. The molecule has 1 aliphatic rings. The van der Waals surface area contributed by atoms with E-state index in [1.807, 2.05) is 6.92 Å². The number of hydrogen-bond donors (Lipinski definition) is 2. The molecule has 0 spiro atoms. The maximum Gasteiger partial charge on any atom is 0.238 e. The zero-order chi connectivity index (χ0) is 14.9. The van der Waals surface area contributed by atoms with Crippen LogP contribution in [0.2, 0.25) is 0 Å². The van der Waals surface area contributed by atoms with Gasteiger partial charge in [-0.1, -0.05) is 6.42 Å². The average Bonchev–Trinajstić information content (AvgIpc) is 2.28. The van der Waals surface area contributed by atoms with Crippen molar-refractivity contribution in [2.75, 3.05) is 5.32 Å². The first-order chi connectivity index (χ1) is 9.27. The van der Waals surface area contributed by atoms with E-state index in [2.05, 4.69) is 5.32 Å². The molecule has 5 nitrogen and oxygen atoms in total. The van der Waals surface area contributed by atoms with Crippen LogP contribution in [0.15, 0.2) is 17.0 Å². The van der Waals surface area contributed by atoms with Crippen molar-refractivity contribution in [1.29, 1.82) is 0 Å². The lowest BCUT2D eigenvalue weighted by molar-refractivity contribution is -0.117. The number of aryl methyl sites for hydroxylation is 1. The summed E-state index contributed by atoms with van der Waals surface area (Å²) < 4.78 is 22.9. The SMILES string of the molecule is Cc1cc(S(N)(=O)=O)cc(NC(=O)CC2CCC2)c1C. The number of benzene rings is 1. The molecule has 0 aromatic heterocycles. The van der Waals surface area contributed by atoms with E-state index in [1.165, 1.54) is 18.6 Å². The lowest BCUT2D eigenvalue weighted by Crippen LogP contribution is -2.21. The summed E-state index contributed by atoms with van der Waals surface area (Å²) in [6, 6.07) is 2.95. The highest BCUT2D eigenvalue weighted by Gasteiger charge is 2.21. The largest absolute Gasteiger partial charge is 0.326 e. The summed E-state index contributed by atoms with van der Waals surface area (Å²) in [5.74, 6) is 0.404. The first-order valence-electron chi connectivity index (χ1n) is 6.71. The standard InChI is InChI=1S/C14H20N2O3S/c1-9-6-12(20(15,18)19)8-13(10(9)2)16-14(17)7-11-4-3-5-11/h6,8,11H,3-5,7H2,1-2H3,(H,16,17)(H2,15,18,19). The lowest BCUT2D eigenvalue weighted by Gasteiger charge is -2.24. The molecule has 2 rings (SSSR count). The van der Waals surface area contributed by atoms with E-state index in [0.717, 1.165) is 24.0 Å². The van der Waals surface area contributed by atoms with Gasteiger partial charge in [-0.25, -0.2) is 13.6 Å². The highest BCUT2D eigenvalue weighted by Crippen LogP contribution is 2.30. The monoisotopic (exact) mass is 296 g/mol. The molecule has 0 bridgehead atoms. The molecule has 1 amide bonds. The molecule has 0 aliphatic heterocycles. The number of anilines is 1. The Hall–Kier alpha value is -1.40. The van der Waals surface area contributed by atoms with Crippen LogP contribution in [0.4, 0.5) is 5.69 Å². The summed E-state index contributed by atoms with van der Waals surface area (Å²) in [6.45, 7) is 3.65. The van der Waals surface area contributed by atoms with Crippen LogP contribution in [0.5, 0.6) is 0 Å². The highest BCUT2D eigenvalue weighted by molar-refractivity contribution is 7.89. The number of sulfonamides is 1. The van der Waals surface area contributed by atoms with Crippen LogP contribution >= 0.6 is 0 Å². The second-order valence-electron chi connectivity index (χ2n) is 5.51. The van der Waals surface area contributed by atoms with Gasteiger partial charge in [-0.3, -0.25) is 4.79 Å². The van der Waals surface area contributed by atoms with Gasteiger partial charge in [0.1, 0.15) is 0 Å². The Morgan fingerprint density at radius 3 is 2.50 bits per heavy atom. The Kier molecular flexibility index (Phi) is 4.15. The first kappa shape index (κ1) is 15.0. The molecule has 3 N–H and O–H groups in total. The molecule has 1 fully saturated rings. The normalized spacial score (nSPS) is 15.8. The maximum absolute atomic E-state index is 11.9. The van der Waals surface area contributed by atoms with Crippen molar-refractivity contribution in [3.63, 3.8) is 0 Å². The molecule has 0 saturated heterocycles. The zero-order valence-electron chi connectivity index (χ0n) is 11.8. The highest BCUT2D eigenvalue weighted by atomic mass is 32.2. The van der Waals surface area contributed by atoms with Crippen molar-refractivity contribution < 1.29 is 13.2 Å². The van der Waals surface area contributed by atoms with Crippen LogP contribution in [-0.2, 0) is 14.8 Å². The minimum atomic E-state index is -3.77. The molecule has 110 valence electrons. The van der Waals surface area contributed by atoms with Gasteiger partial charge < -0.3 is 5.32 Å². The number of hydrogen-bond acceptors (Lipinski definition) is 3. The van der Waals surface area contributed by atoms with Crippen LogP contribution in [0.3, 0.4) is 0 Å². The average molecular weight is 296 g/mol. The minimum Gasteiger partial charge on any atom is -0.326 e. The fourth-order valence-corrected chi connectivity index (χ4v) is 2.90. The van der Waals surface area contributed by atoms with E-state index in [4.69, 9.17) is 5.14 Å². The third-order valence-electron chi connectivity index (χ3n) is 3.94. The van der Waals surface area contributed by atoms with Crippen molar-refractivity contribution in [2.45, 2.75) is 44.4 Å². The Bertz CT molecular complexity index is 634. The van der Waals surface area contributed by atoms with Crippen LogP contribution in [0, 0.1) is 19.8 Å². The van der Waals surface area contributed by atoms with Crippen molar-refractivity contribution in [1.82, 2.24) is 0 Å². The molecule has 6 heteroatoms. The summed E-state index contributed by atoms with van der Waals surface area (Å²) in [4.78, 5) is 12.0. The van der Waals surface area contributed by atoms with E-state index in [0.29, 0.717) is 18.0 Å². The van der Waals surface area contributed by atoms with Crippen molar-refractivity contribution in [2.24, 2.45) is 11.1 Å². The van der Waals surface area contributed by atoms with Gasteiger partial charge in [0, 0.05) is 12.1 Å². The lowest BCUT2D eigenvalue weighted by atomic mass is 9.83. The molecule has 0 heterocycles. The fraction of sp³-hybridized carbons (Fsp3) is 0.500. The van der Waals surface area contributed by atoms with E-state index in [-0.39, 0.29) is 10.8 Å². The number of nitrogens with two attached hydrogens (primary N) is 1. The third kappa shape index (κ3) is 3.37. The van der Waals surface area contributed by atoms with Gasteiger partial charge in [-0.2, -0.15) is 0 Å². The summed E-state index contributed by atoms with van der Waals surface area (Å²) in [5.41, 5.74) is 2.17. The fourth-order valence-electron chi connectivity index (χ4n) is 2.28. The van der Waals surface area contributed by atoms with Crippen LogP contribution in [0.25, 0.3) is 0 Å². The smallest absolute Gasteiger partial charge is 0.238 e. The van der Waals surface area contributed by atoms with Crippen molar-refractivity contribution in [3.8, 4) is 0 Å². The van der Waals surface area contributed by atoms with E-state index < -0.39 is 10.0 Å². The predicted molar refractivity (Wildman–Crippen MR) is 77.9 cm³/mol. The molecule has 1 aromatic carbocycles. The summed E-state index contributed by atoms with van der Waals surface area (Å²) >= 11 is 0. The molecule has 1 saturated carbocycles. The first-order valence-corrected chi connectivity index (χ1v) is 8.26. The summed E-state index contributed by atoms with van der Waals surface area (Å²) in [5, 5.41) is 7.95. The number of nitrogens with one attached hydrogen (secondary N) is 1. The van der Waals surface area contributed by atoms with E-state index in [1.54, 1.807) is 6.92 Å². The summed E-state index contributed by atoms with van der Waals surface area (Å²) in [7, 11) is -3.77. The Morgan fingerprint density at radius 2 is 2.00 bits per heavy atom. The molecule has 0 unspecified atom stereocenters. The number of carbonyl (C=O) groups excluding carboxylic acids is 1. The van der Waals surface area contributed by atoms with Crippen LogP contribution in [0.1, 0.15) is 36.8 Å². The van der Waals surface area contributed by atoms with E-state index >= 15 is 0 Å². The Morgan fingerprint density at radius 1 is 1.35 bits per heavy atom. The van der Waals surface area contributed by atoms with Gasteiger partial charge in [-0.05, 0) is 55.9 Å². The van der Waals surface area contributed by atoms with Gasteiger partial charge in [-0.15, -0.1) is 0 Å². The molecule has 0 atom stereocenters. The van der Waals surface area contributed by atoms with Gasteiger partial charge in [0.2, 0.25) is 15.9 Å². The number of amides is 1. The van der Waals surface area contributed by atoms with Gasteiger partial charge in [0.25, 0.3) is 0 Å². The second kappa shape index (κ2) is 5.54. The number of primary sulfonamides is 1. The van der Waals surface area contributed by atoms with Gasteiger partial charge in [0.15, 0.2) is 0 Å². The van der Waals surface area contributed by atoms with E-state index in [9.17, 15) is 13.2 Å². The molecule has 1 aliphatic carbocycles. The quantitative estimate of drug-likeness (QED) is 0.891. The second-order valence-corrected chi connectivity index (χ2v) is 7.07. The maximum atomic E-state index is 11.9. The Labute approximate surface area is 119 Å². The topological polar surface area (TPSA) is 89.3 Å². The third-order valence-corrected chi connectivity index (χ3v) is 4.84. The van der Waals surface area contributed by atoms with Gasteiger partial charge >= 0.3 is 0 Å². The molecular weight excluding hydrogens is 276 g/mol. The molecule has 1 aromatic rings. The number of rotatable bonds is 4. The molecule has 0 radical (unpaired) electrons. The molecule has 20 heavy (non-hydrogen) atoms. The van der Waals surface area contributed by atoms with Crippen LogP contribution in [-0.4, -0.2) is 14.3 Å². The number of carbonyl (C=O) groups is 1. The minimum absolute atomic E-state index is 0.0274. The van der Waals surface area contributed by atoms with Crippen molar-refractivity contribution in [3.05, 3.63) is 23.3 Å². The van der Waals surface area contributed by atoms with Gasteiger partial charge in [0.05, 0.1) is 4.90 Å². The predicted octanol–water partition coefficient (Wildman–Crippen LogP) is 2.08. The Balaban J connectivity index is 2.21. The zero-order valence-corrected chi connectivity index (χ0v) is 12.6. The van der Waals surface area contributed by atoms with Crippen LogP contribution < -0.4 is 10.5 Å². The van der Waals surface area contributed by atoms with Crippen molar-refractivity contribution >= 4 is 21.6 Å².